The maximum absolute atomic E-state index is 10.5. The topological polar surface area (TPSA) is 38.7 Å². The zero-order valence-corrected chi connectivity index (χ0v) is 31.8. The van der Waals surface area contributed by atoms with Crippen molar-refractivity contribution in [2.75, 3.05) is 0 Å². The Morgan fingerprint density at radius 2 is 1.56 bits per heavy atom. The molecule has 43 heavy (non-hydrogen) atoms. The monoisotopic (exact) mass is 622 g/mol. The van der Waals surface area contributed by atoms with Gasteiger partial charge in [0.05, 0.1) is 17.8 Å². The summed E-state index contributed by atoms with van der Waals surface area (Å²) in [6.07, 6.45) is 11.8. The van der Waals surface area contributed by atoms with Gasteiger partial charge in [-0.05, 0) is 98.6 Å². The Morgan fingerprint density at radius 3 is 2.14 bits per heavy atom. The SMILES string of the molecule is C=C1C(=CC=CCCCC(C)C#Cc2ccccc2C(C)(C)O)C[C@@H](O[Si](C)(C)C(C)(C)C)C[C@@H]1O[Si](C)(C)C(C)(C)C. The summed E-state index contributed by atoms with van der Waals surface area (Å²) in [5.41, 5.74) is 3.28. The van der Waals surface area contributed by atoms with Gasteiger partial charge in [-0.1, -0.05) is 103 Å². The van der Waals surface area contributed by atoms with Crippen LogP contribution in [-0.2, 0) is 14.5 Å². The van der Waals surface area contributed by atoms with E-state index in [0.717, 1.165) is 48.8 Å². The standard InChI is InChI=1S/C38H62O3Si2/c1-29(25-26-31-22-19-20-24-34(31)38(9,10)39)21-17-15-16-18-23-32-27-33(40-42(11,12)36(3,4)5)28-35(30(32)2)41-43(13,14)37(6,7)8/h16,18-20,22-24,29,33,35,39H,2,15,17,21,27-28H2,1,3-14H3/t29?,33-,35+/m1/s1. The van der Waals surface area contributed by atoms with Crippen molar-refractivity contribution in [3.63, 3.8) is 0 Å². The maximum atomic E-state index is 10.5. The first kappa shape index (κ1) is 37.5. The fraction of sp³-hybridized carbons (Fsp3) is 0.632. The predicted octanol–water partition coefficient (Wildman–Crippen LogP) is 10.7. The molecule has 0 heterocycles. The van der Waals surface area contributed by atoms with E-state index in [1.165, 1.54) is 5.57 Å². The van der Waals surface area contributed by atoms with Crippen LogP contribution in [-0.4, -0.2) is 33.9 Å². The van der Waals surface area contributed by atoms with Gasteiger partial charge in [0.1, 0.15) is 0 Å². The fourth-order valence-corrected chi connectivity index (χ4v) is 7.45. The highest BCUT2D eigenvalue weighted by Crippen LogP contribution is 2.44. The molecule has 1 fully saturated rings. The Kier molecular flexibility index (Phi) is 12.7. The van der Waals surface area contributed by atoms with Gasteiger partial charge in [-0.2, -0.15) is 0 Å². The summed E-state index contributed by atoms with van der Waals surface area (Å²) in [5, 5.41) is 10.8. The smallest absolute Gasteiger partial charge is 0.192 e. The molecule has 0 aromatic heterocycles. The van der Waals surface area contributed by atoms with E-state index in [1.54, 1.807) is 0 Å². The molecule has 240 valence electrons. The van der Waals surface area contributed by atoms with Crippen LogP contribution >= 0.6 is 0 Å². The Bertz CT molecular complexity index is 1210. The highest BCUT2D eigenvalue weighted by Gasteiger charge is 2.44. The molecule has 0 saturated heterocycles. The van der Waals surface area contributed by atoms with E-state index >= 15 is 0 Å². The summed E-state index contributed by atoms with van der Waals surface area (Å²) in [6.45, 7) is 33.5. The van der Waals surface area contributed by atoms with Crippen LogP contribution in [0, 0.1) is 17.8 Å². The van der Waals surface area contributed by atoms with Gasteiger partial charge in [-0.25, -0.2) is 0 Å². The van der Waals surface area contributed by atoms with Crippen LogP contribution in [0.25, 0.3) is 0 Å². The van der Waals surface area contributed by atoms with Crippen molar-refractivity contribution >= 4 is 16.6 Å². The molecular weight excluding hydrogens is 561 g/mol. The van der Waals surface area contributed by atoms with Crippen LogP contribution in [0.2, 0.25) is 36.3 Å². The van der Waals surface area contributed by atoms with Gasteiger partial charge in [0, 0.05) is 17.9 Å². The minimum absolute atomic E-state index is 0.00465. The molecule has 1 aromatic rings. The molecule has 2 rings (SSSR count). The number of hydrogen-bond donors (Lipinski definition) is 1. The molecule has 0 amide bonds. The second kappa shape index (κ2) is 14.6. The van der Waals surface area contributed by atoms with Gasteiger partial charge >= 0.3 is 0 Å². The zero-order chi connectivity index (χ0) is 32.9. The first-order valence-corrected chi connectivity index (χ1v) is 22.1. The van der Waals surface area contributed by atoms with Crippen LogP contribution in [0.1, 0.15) is 106 Å². The quantitative estimate of drug-likeness (QED) is 0.160. The Labute approximate surface area is 267 Å². The largest absolute Gasteiger partial charge is 0.413 e. The summed E-state index contributed by atoms with van der Waals surface area (Å²) in [7, 11) is -3.88. The molecule has 0 aliphatic heterocycles. The highest BCUT2D eigenvalue weighted by molar-refractivity contribution is 6.74. The van der Waals surface area contributed by atoms with Crippen molar-refractivity contribution < 1.29 is 14.0 Å². The summed E-state index contributed by atoms with van der Waals surface area (Å²) < 4.78 is 13.9. The average Bonchev–Trinajstić information content (AvgIpc) is 2.85. The second-order valence-electron chi connectivity index (χ2n) is 16.2. The van der Waals surface area contributed by atoms with E-state index in [-0.39, 0.29) is 22.3 Å². The van der Waals surface area contributed by atoms with Crippen molar-refractivity contribution in [3.8, 4) is 11.8 Å². The minimum atomic E-state index is -1.96. The lowest BCUT2D eigenvalue weighted by atomic mass is 9.86. The minimum Gasteiger partial charge on any atom is -0.413 e. The van der Waals surface area contributed by atoms with E-state index < -0.39 is 22.2 Å². The Morgan fingerprint density at radius 1 is 0.977 bits per heavy atom. The predicted molar refractivity (Wildman–Crippen MR) is 191 cm³/mol. The molecule has 3 atom stereocenters. The van der Waals surface area contributed by atoms with Crippen LogP contribution < -0.4 is 0 Å². The number of rotatable bonds is 10. The van der Waals surface area contributed by atoms with Gasteiger partial charge in [-0.3, -0.25) is 0 Å². The summed E-state index contributed by atoms with van der Waals surface area (Å²) in [5.74, 6) is 7.00. The Hall–Kier alpha value is -1.69. The van der Waals surface area contributed by atoms with E-state index in [2.05, 4.69) is 111 Å². The molecule has 1 aliphatic carbocycles. The molecule has 0 bridgehead atoms. The van der Waals surface area contributed by atoms with Crippen molar-refractivity contribution in [3.05, 3.63) is 71.3 Å². The fourth-order valence-electron chi connectivity index (χ4n) is 4.78. The van der Waals surface area contributed by atoms with Gasteiger partial charge in [0.15, 0.2) is 16.6 Å². The van der Waals surface area contributed by atoms with Crippen molar-refractivity contribution in [2.24, 2.45) is 5.92 Å². The van der Waals surface area contributed by atoms with Crippen molar-refractivity contribution in [1.29, 1.82) is 0 Å². The first-order valence-electron chi connectivity index (χ1n) is 16.3. The molecular formula is C38H62O3Si2. The summed E-state index contributed by atoms with van der Waals surface area (Å²) in [6, 6.07) is 7.88. The molecule has 3 nitrogen and oxygen atoms in total. The highest BCUT2D eigenvalue weighted by atomic mass is 28.4. The van der Waals surface area contributed by atoms with Crippen molar-refractivity contribution in [2.45, 2.75) is 148 Å². The number of allylic oxidation sites excluding steroid dienone is 3. The molecule has 1 aliphatic rings. The Balaban J connectivity index is 2.09. The molecule has 0 spiro atoms. The third-order valence-corrected chi connectivity index (χ3v) is 18.7. The number of hydrogen-bond acceptors (Lipinski definition) is 3. The van der Waals surface area contributed by atoms with Gasteiger partial charge in [-0.15, -0.1) is 0 Å². The lowest BCUT2D eigenvalue weighted by Crippen LogP contribution is -2.49. The third kappa shape index (κ3) is 11.0. The average molecular weight is 623 g/mol. The summed E-state index contributed by atoms with van der Waals surface area (Å²) >= 11 is 0. The van der Waals surface area contributed by atoms with Crippen LogP contribution in [0.4, 0.5) is 0 Å². The van der Waals surface area contributed by atoms with Crippen molar-refractivity contribution in [1.82, 2.24) is 0 Å². The maximum Gasteiger partial charge on any atom is 0.192 e. The van der Waals surface area contributed by atoms with Crippen LogP contribution in [0.15, 0.2) is 60.2 Å². The summed E-state index contributed by atoms with van der Waals surface area (Å²) in [4.78, 5) is 0. The normalized spacial score (nSPS) is 20.8. The lowest BCUT2D eigenvalue weighted by Gasteiger charge is -2.45. The van der Waals surface area contributed by atoms with E-state index in [9.17, 15) is 5.11 Å². The first-order chi connectivity index (χ1) is 19.5. The molecule has 0 radical (unpaired) electrons. The molecule has 5 heteroatoms. The van der Waals surface area contributed by atoms with E-state index in [0.29, 0.717) is 5.92 Å². The molecule has 1 aromatic carbocycles. The molecule has 1 unspecified atom stereocenters. The zero-order valence-electron chi connectivity index (χ0n) is 29.8. The van der Waals surface area contributed by atoms with Gasteiger partial charge < -0.3 is 14.0 Å². The molecule has 1 N–H and O–H groups in total. The van der Waals surface area contributed by atoms with Gasteiger partial charge in [0.2, 0.25) is 0 Å². The molecule has 1 saturated carbocycles. The van der Waals surface area contributed by atoms with E-state index in [4.69, 9.17) is 8.85 Å². The number of aliphatic hydroxyl groups is 1. The number of benzene rings is 1. The van der Waals surface area contributed by atoms with E-state index in [1.807, 2.05) is 38.1 Å². The van der Waals surface area contributed by atoms with Crippen LogP contribution in [0.3, 0.4) is 0 Å². The lowest BCUT2D eigenvalue weighted by molar-refractivity contribution is 0.0783. The van der Waals surface area contributed by atoms with Gasteiger partial charge in [0.25, 0.3) is 0 Å². The van der Waals surface area contributed by atoms with Crippen LogP contribution in [0.5, 0.6) is 0 Å². The number of unbranched alkanes of at least 4 members (excludes halogenated alkanes) is 1. The second-order valence-corrected chi connectivity index (χ2v) is 25.7. The third-order valence-electron chi connectivity index (χ3n) is 9.72.